The lowest BCUT2D eigenvalue weighted by Gasteiger charge is -2.37. The Labute approximate surface area is 98.8 Å². The molecule has 0 N–H and O–H groups in total. The van der Waals surface area contributed by atoms with E-state index in [0.29, 0.717) is 19.6 Å². The number of rotatable bonds is 2. The van der Waals surface area contributed by atoms with Crippen LogP contribution in [0.15, 0.2) is 0 Å². The van der Waals surface area contributed by atoms with Crippen molar-refractivity contribution in [3.05, 3.63) is 0 Å². The predicted molar refractivity (Wildman–Crippen MR) is 64.4 cm³/mol. The van der Waals surface area contributed by atoms with Crippen LogP contribution in [0.4, 0.5) is 0 Å². The number of nitrogens with zero attached hydrogens (tertiary/aromatic N) is 2. The van der Waals surface area contributed by atoms with Crippen LogP contribution in [0.3, 0.4) is 0 Å². The maximum absolute atomic E-state index is 12.4. The van der Waals surface area contributed by atoms with E-state index in [9.17, 15) is 8.42 Å². The molecule has 1 unspecified atom stereocenters. The highest BCUT2D eigenvalue weighted by atomic mass is 32.2. The fourth-order valence-electron chi connectivity index (χ4n) is 2.66. The lowest BCUT2D eigenvalue weighted by atomic mass is 10.1. The van der Waals surface area contributed by atoms with Crippen molar-refractivity contribution < 1.29 is 8.42 Å². The molecule has 0 aliphatic carbocycles. The van der Waals surface area contributed by atoms with E-state index in [1.165, 1.54) is 6.42 Å². The largest absolute Gasteiger partial charge is 0.282 e. The smallest absolute Gasteiger partial charge is 0.195 e. The first kappa shape index (κ1) is 12.3. The summed E-state index contributed by atoms with van der Waals surface area (Å²) in [5.74, 6) is 0. The van der Waals surface area contributed by atoms with Gasteiger partial charge in [-0.15, -0.1) is 0 Å². The lowest BCUT2D eigenvalue weighted by Crippen LogP contribution is -2.50. The summed E-state index contributed by atoms with van der Waals surface area (Å²) in [7, 11) is -3.17. The third-order valence-electron chi connectivity index (χ3n) is 3.68. The topological polar surface area (TPSA) is 40.6 Å². The Morgan fingerprint density at radius 1 is 0.938 bits per heavy atom. The van der Waals surface area contributed by atoms with Gasteiger partial charge in [0.25, 0.3) is 10.2 Å². The van der Waals surface area contributed by atoms with Gasteiger partial charge in [0.2, 0.25) is 0 Å². The summed E-state index contributed by atoms with van der Waals surface area (Å²) in [5, 5.41) is 0. The minimum atomic E-state index is -3.17. The molecule has 0 aromatic carbocycles. The first-order chi connectivity index (χ1) is 7.62. The molecule has 2 aliphatic rings. The summed E-state index contributed by atoms with van der Waals surface area (Å²) in [5.41, 5.74) is 0. The lowest BCUT2D eigenvalue weighted by molar-refractivity contribution is 0.235. The zero-order valence-corrected chi connectivity index (χ0v) is 10.9. The molecule has 0 saturated carbocycles. The molecular weight excluding hydrogens is 224 g/mol. The van der Waals surface area contributed by atoms with E-state index in [1.807, 2.05) is 6.92 Å². The molecule has 0 amide bonds. The molecule has 0 radical (unpaired) electrons. The highest BCUT2D eigenvalue weighted by molar-refractivity contribution is 7.86. The third kappa shape index (κ3) is 2.41. The second-order valence-electron chi connectivity index (χ2n) is 4.92. The van der Waals surface area contributed by atoms with Crippen molar-refractivity contribution in [1.82, 2.24) is 8.61 Å². The Morgan fingerprint density at radius 3 is 2.19 bits per heavy atom. The Hall–Kier alpha value is -0.130. The fraction of sp³-hybridized carbons (Fsp3) is 1.00. The number of piperidine rings is 2. The average molecular weight is 246 g/mol. The molecule has 0 bridgehead atoms. The molecule has 0 spiro atoms. The van der Waals surface area contributed by atoms with Crippen molar-refractivity contribution in [2.75, 3.05) is 19.6 Å². The highest BCUT2D eigenvalue weighted by Gasteiger charge is 2.34. The minimum absolute atomic E-state index is 0.181. The van der Waals surface area contributed by atoms with Crippen molar-refractivity contribution in [2.45, 2.75) is 51.5 Å². The molecular formula is C11H22N2O2S. The van der Waals surface area contributed by atoms with Gasteiger partial charge in [-0.25, -0.2) is 0 Å². The van der Waals surface area contributed by atoms with Gasteiger partial charge < -0.3 is 0 Å². The van der Waals surface area contributed by atoms with Gasteiger partial charge in [-0.2, -0.15) is 17.0 Å². The van der Waals surface area contributed by atoms with Gasteiger partial charge in [0.05, 0.1) is 0 Å². The van der Waals surface area contributed by atoms with E-state index in [-0.39, 0.29) is 6.04 Å². The summed E-state index contributed by atoms with van der Waals surface area (Å²) < 4.78 is 28.2. The SMILES string of the molecule is CC1CCCCN1S(=O)(=O)N1CCCCC1. The fourth-order valence-corrected chi connectivity index (χ4v) is 4.59. The summed E-state index contributed by atoms with van der Waals surface area (Å²) in [6.07, 6.45) is 6.38. The maximum atomic E-state index is 12.4. The summed E-state index contributed by atoms with van der Waals surface area (Å²) >= 11 is 0. The Morgan fingerprint density at radius 2 is 1.56 bits per heavy atom. The van der Waals surface area contributed by atoms with Crippen molar-refractivity contribution >= 4 is 10.2 Å². The summed E-state index contributed by atoms with van der Waals surface area (Å²) in [6.45, 7) is 4.16. The first-order valence-electron chi connectivity index (χ1n) is 6.39. The van der Waals surface area contributed by atoms with Crippen LogP contribution in [0.2, 0.25) is 0 Å². The second-order valence-corrected chi connectivity index (χ2v) is 6.80. The van der Waals surface area contributed by atoms with Crippen molar-refractivity contribution in [1.29, 1.82) is 0 Å². The van der Waals surface area contributed by atoms with Crippen molar-refractivity contribution in [3.8, 4) is 0 Å². The van der Waals surface area contributed by atoms with E-state index in [1.54, 1.807) is 8.61 Å². The molecule has 0 aromatic heterocycles. The van der Waals surface area contributed by atoms with E-state index in [2.05, 4.69) is 0 Å². The van der Waals surface area contributed by atoms with Crippen LogP contribution in [-0.4, -0.2) is 42.7 Å². The molecule has 94 valence electrons. The van der Waals surface area contributed by atoms with E-state index in [4.69, 9.17) is 0 Å². The zero-order chi connectivity index (χ0) is 11.6. The third-order valence-corrected chi connectivity index (χ3v) is 5.83. The summed E-state index contributed by atoms with van der Waals surface area (Å²) in [6, 6.07) is 0.181. The highest BCUT2D eigenvalue weighted by Crippen LogP contribution is 2.24. The molecule has 2 heterocycles. The normalized spacial score (nSPS) is 30.4. The average Bonchev–Trinajstić information content (AvgIpc) is 2.30. The molecule has 1 atom stereocenters. The number of hydrogen-bond donors (Lipinski definition) is 0. The molecule has 0 aromatic rings. The Bertz CT molecular complexity index is 323. The molecule has 2 saturated heterocycles. The maximum Gasteiger partial charge on any atom is 0.282 e. The van der Waals surface area contributed by atoms with E-state index >= 15 is 0 Å². The second kappa shape index (κ2) is 5.02. The minimum Gasteiger partial charge on any atom is -0.195 e. The van der Waals surface area contributed by atoms with E-state index in [0.717, 1.165) is 32.1 Å². The Balaban J connectivity index is 2.10. The number of hydrogen-bond acceptors (Lipinski definition) is 2. The van der Waals surface area contributed by atoms with Gasteiger partial charge in [-0.1, -0.05) is 12.8 Å². The molecule has 2 aliphatic heterocycles. The summed E-state index contributed by atoms with van der Waals surface area (Å²) in [4.78, 5) is 0. The zero-order valence-electron chi connectivity index (χ0n) is 10.1. The van der Waals surface area contributed by atoms with Crippen LogP contribution < -0.4 is 0 Å². The van der Waals surface area contributed by atoms with Crippen LogP contribution in [-0.2, 0) is 10.2 Å². The monoisotopic (exact) mass is 246 g/mol. The van der Waals surface area contributed by atoms with Gasteiger partial charge in [0.1, 0.15) is 0 Å². The van der Waals surface area contributed by atoms with Crippen LogP contribution in [0.1, 0.15) is 45.4 Å². The quantitative estimate of drug-likeness (QED) is 0.742. The van der Waals surface area contributed by atoms with Gasteiger partial charge >= 0.3 is 0 Å². The molecule has 2 rings (SSSR count). The van der Waals surface area contributed by atoms with Crippen LogP contribution >= 0.6 is 0 Å². The van der Waals surface area contributed by atoms with Crippen molar-refractivity contribution in [2.24, 2.45) is 0 Å². The van der Waals surface area contributed by atoms with E-state index < -0.39 is 10.2 Å². The molecule has 5 heteroatoms. The standard InChI is InChI=1S/C11H22N2O2S/c1-11-7-3-6-10-13(11)16(14,15)12-8-4-2-5-9-12/h11H,2-10H2,1H3. The van der Waals surface area contributed by atoms with Gasteiger partial charge in [0, 0.05) is 25.7 Å². The predicted octanol–water partition coefficient (Wildman–Crippen LogP) is 1.59. The molecule has 4 nitrogen and oxygen atoms in total. The van der Waals surface area contributed by atoms with Crippen LogP contribution in [0, 0.1) is 0 Å². The first-order valence-corrected chi connectivity index (χ1v) is 7.79. The van der Waals surface area contributed by atoms with Crippen LogP contribution in [0.5, 0.6) is 0 Å². The van der Waals surface area contributed by atoms with Gasteiger partial charge in [-0.3, -0.25) is 0 Å². The molecule has 2 fully saturated rings. The Kier molecular flexibility index (Phi) is 3.87. The van der Waals surface area contributed by atoms with Crippen LogP contribution in [0.25, 0.3) is 0 Å². The van der Waals surface area contributed by atoms with Gasteiger partial charge in [0.15, 0.2) is 0 Å². The van der Waals surface area contributed by atoms with Crippen molar-refractivity contribution in [3.63, 3.8) is 0 Å². The molecule has 16 heavy (non-hydrogen) atoms. The van der Waals surface area contributed by atoms with Gasteiger partial charge in [-0.05, 0) is 32.6 Å².